The van der Waals surface area contributed by atoms with Crippen molar-refractivity contribution in [1.29, 1.82) is 0 Å². The zero-order valence-corrected chi connectivity index (χ0v) is 13.9. The van der Waals surface area contributed by atoms with E-state index >= 15 is 0 Å². The van der Waals surface area contributed by atoms with E-state index in [1.165, 1.54) is 5.57 Å². The van der Waals surface area contributed by atoms with Gasteiger partial charge in [0.05, 0.1) is 0 Å². The molecule has 122 valence electrons. The molecule has 2 fully saturated rings. The van der Waals surface area contributed by atoms with Gasteiger partial charge in [0.15, 0.2) is 5.78 Å². The topological polar surface area (TPSA) is 37.3 Å². The Hall–Kier alpha value is -1.33. The summed E-state index contributed by atoms with van der Waals surface area (Å²) in [5.74, 6) is 5.28. The van der Waals surface area contributed by atoms with Crippen molar-refractivity contribution in [3.8, 4) is 12.3 Å². The number of ketones is 1. The molecule has 2 nitrogen and oxygen atoms in total. The van der Waals surface area contributed by atoms with Crippen molar-refractivity contribution in [2.24, 2.45) is 29.1 Å². The van der Waals surface area contributed by atoms with Crippen LogP contribution in [-0.4, -0.2) is 16.5 Å². The Bertz CT molecular complexity index is 637. The van der Waals surface area contributed by atoms with Gasteiger partial charge >= 0.3 is 0 Å². The molecule has 0 aliphatic heterocycles. The standard InChI is InChI=1S/C21H26O2/c1-3-20-11-9-17-16-8-6-15(22)13-14(16)5-7-18(17)19(20)10-12-21(20,23)4-2/h2,10,12-13,16-19,23H,3,5-9,11H2,1H3/t16?,17-,18-,19+,20+,21+/m1/s1. The Balaban J connectivity index is 1.69. The van der Waals surface area contributed by atoms with Crippen molar-refractivity contribution in [3.05, 3.63) is 23.8 Å². The molecule has 1 N–H and O–H groups in total. The van der Waals surface area contributed by atoms with Crippen LogP contribution in [0.1, 0.15) is 51.9 Å². The predicted molar refractivity (Wildman–Crippen MR) is 90.4 cm³/mol. The van der Waals surface area contributed by atoms with Crippen molar-refractivity contribution in [1.82, 2.24) is 0 Å². The van der Waals surface area contributed by atoms with Crippen LogP contribution in [0, 0.1) is 41.4 Å². The highest BCUT2D eigenvalue weighted by Crippen LogP contribution is 2.63. The lowest BCUT2D eigenvalue weighted by atomic mass is 9.49. The summed E-state index contributed by atoms with van der Waals surface area (Å²) < 4.78 is 0. The maximum Gasteiger partial charge on any atom is 0.155 e. The third-order valence-corrected chi connectivity index (χ3v) is 7.54. The molecule has 0 aromatic heterocycles. The number of rotatable bonds is 1. The lowest BCUT2D eigenvalue weighted by Crippen LogP contribution is -2.54. The first-order valence-corrected chi connectivity index (χ1v) is 9.17. The predicted octanol–water partition coefficient (Wildman–Crippen LogP) is 3.66. The summed E-state index contributed by atoms with van der Waals surface area (Å²) in [7, 11) is 0. The first kappa shape index (κ1) is 15.2. The highest BCUT2D eigenvalue weighted by molar-refractivity contribution is 5.91. The Morgan fingerprint density at radius 2 is 2.13 bits per heavy atom. The van der Waals surface area contributed by atoms with Gasteiger partial charge in [0.1, 0.15) is 5.60 Å². The van der Waals surface area contributed by atoms with E-state index in [9.17, 15) is 9.90 Å². The summed E-state index contributed by atoms with van der Waals surface area (Å²) in [4.78, 5) is 11.7. The molecule has 0 amide bonds. The summed E-state index contributed by atoms with van der Waals surface area (Å²) >= 11 is 0. The number of aliphatic hydroxyl groups is 1. The minimum absolute atomic E-state index is 0.172. The molecule has 2 heteroatoms. The molecule has 0 aromatic rings. The number of hydrogen-bond donors (Lipinski definition) is 1. The zero-order chi connectivity index (χ0) is 16.2. The van der Waals surface area contributed by atoms with Crippen LogP contribution < -0.4 is 0 Å². The van der Waals surface area contributed by atoms with Crippen molar-refractivity contribution >= 4 is 5.78 Å². The van der Waals surface area contributed by atoms with Crippen LogP contribution in [0.4, 0.5) is 0 Å². The summed E-state index contributed by atoms with van der Waals surface area (Å²) in [5.41, 5.74) is 0.158. The third-order valence-electron chi connectivity index (χ3n) is 7.54. The van der Waals surface area contributed by atoms with Crippen LogP contribution in [0.3, 0.4) is 0 Å². The Morgan fingerprint density at radius 1 is 1.30 bits per heavy atom. The lowest BCUT2D eigenvalue weighted by molar-refractivity contribution is -0.116. The van der Waals surface area contributed by atoms with Crippen molar-refractivity contribution in [3.63, 3.8) is 0 Å². The number of carbonyl (C=O) groups excluding carboxylic acids is 1. The summed E-state index contributed by atoms with van der Waals surface area (Å²) in [6.07, 6.45) is 18.8. The quantitative estimate of drug-likeness (QED) is 0.593. The fourth-order valence-electron chi connectivity index (χ4n) is 6.38. The van der Waals surface area contributed by atoms with Gasteiger partial charge in [-0.25, -0.2) is 0 Å². The second kappa shape index (κ2) is 5.08. The highest BCUT2D eigenvalue weighted by atomic mass is 16.3. The molecule has 4 aliphatic carbocycles. The number of allylic oxidation sites excluding steroid dienone is 3. The van der Waals surface area contributed by atoms with Gasteiger partial charge in [-0.1, -0.05) is 24.5 Å². The number of terminal acetylenes is 1. The van der Waals surface area contributed by atoms with E-state index in [2.05, 4.69) is 18.9 Å². The molecule has 2 saturated carbocycles. The molecule has 0 heterocycles. The molecule has 0 spiro atoms. The normalized spacial score (nSPS) is 48.0. The minimum Gasteiger partial charge on any atom is -0.373 e. The van der Waals surface area contributed by atoms with Crippen LogP contribution in [-0.2, 0) is 4.79 Å². The van der Waals surface area contributed by atoms with Gasteiger partial charge < -0.3 is 5.11 Å². The van der Waals surface area contributed by atoms with Gasteiger partial charge in [-0.3, -0.25) is 4.79 Å². The Kier molecular flexibility index (Phi) is 3.36. The molecule has 1 unspecified atom stereocenters. The van der Waals surface area contributed by atoms with Crippen LogP contribution in [0.5, 0.6) is 0 Å². The van der Waals surface area contributed by atoms with Crippen LogP contribution in [0.15, 0.2) is 23.8 Å². The molecule has 6 atom stereocenters. The molecule has 0 radical (unpaired) electrons. The second-order valence-electron chi connectivity index (χ2n) is 8.04. The second-order valence-corrected chi connectivity index (χ2v) is 8.04. The van der Waals surface area contributed by atoms with Crippen LogP contribution in [0.25, 0.3) is 0 Å². The molecule has 4 aliphatic rings. The van der Waals surface area contributed by atoms with Crippen LogP contribution >= 0.6 is 0 Å². The zero-order valence-electron chi connectivity index (χ0n) is 13.9. The molecule has 0 saturated heterocycles. The summed E-state index contributed by atoms with van der Waals surface area (Å²) in [5, 5.41) is 11.0. The third kappa shape index (κ3) is 1.89. The van der Waals surface area contributed by atoms with E-state index in [1.54, 1.807) is 0 Å². The molecule has 0 aromatic carbocycles. The highest BCUT2D eigenvalue weighted by Gasteiger charge is 2.61. The van der Waals surface area contributed by atoms with Gasteiger partial charge in [0.25, 0.3) is 0 Å². The van der Waals surface area contributed by atoms with Gasteiger partial charge in [-0.15, -0.1) is 6.42 Å². The lowest BCUT2D eigenvalue weighted by Gasteiger charge is -2.55. The SMILES string of the molecule is C#C[C@]1(O)C=C[C@H]2[C@@H]3CCC4=CC(=O)CCC4[C@H]3CC[C@@]21CC. The maximum atomic E-state index is 11.7. The average molecular weight is 310 g/mol. The Labute approximate surface area is 139 Å². The van der Waals surface area contributed by atoms with Crippen LogP contribution in [0.2, 0.25) is 0 Å². The van der Waals surface area contributed by atoms with Crippen molar-refractivity contribution < 1.29 is 9.90 Å². The van der Waals surface area contributed by atoms with E-state index in [1.807, 2.05) is 12.2 Å². The fraction of sp³-hybridized carbons (Fsp3) is 0.667. The number of fused-ring (bicyclic) bond motifs is 5. The monoisotopic (exact) mass is 310 g/mol. The van der Waals surface area contributed by atoms with Crippen molar-refractivity contribution in [2.45, 2.75) is 57.5 Å². The van der Waals surface area contributed by atoms with E-state index in [4.69, 9.17) is 6.42 Å². The number of hydrogen-bond acceptors (Lipinski definition) is 2. The van der Waals surface area contributed by atoms with Gasteiger partial charge in [-0.05, 0) is 74.3 Å². The fourth-order valence-corrected chi connectivity index (χ4v) is 6.38. The first-order chi connectivity index (χ1) is 11.0. The summed E-state index contributed by atoms with van der Waals surface area (Å²) in [6.45, 7) is 2.18. The molecular formula is C21H26O2. The molecule has 23 heavy (non-hydrogen) atoms. The van der Waals surface area contributed by atoms with E-state index in [0.29, 0.717) is 35.9 Å². The van der Waals surface area contributed by atoms with E-state index in [0.717, 1.165) is 38.5 Å². The average Bonchev–Trinajstić information content (AvgIpc) is 2.88. The number of carbonyl (C=O) groups is 1. The smallest absolute Gasteiger partial charge is 0.155 e. The van der Waals surface area contributed by atoms with Gasteiger partial charge in [-0.2, -0.15) is 0 Å². The van der Waals surface area contributed by atoms with E-state index in [-0.39, 0.29) is 5.41 Å². The maximum absolute atomic E-state index is 11.7. The minimum atomic E-state index is -1.07. The summed E-state index contributed by atoms with van der Waals surface area (Å²) in [6, 6.07) is 0. The molecular weight excluding hydrogens is 284 g/mol. The first-order valence-electron chi connectivity index (χ1n) is 9.17. The van der Waals surface area contributed by atoms with Crippen molar-refractivity contribution in [2.75, 3.05) is 0 Å². The molecule has 0 bridgehead atoms. The van der Waals surface area contributed by atoms with E-state index < -0.39 is 5.60 Å². The largest absolute Gasteiger partial charge is 0.373 e. The van der Waals surface area contributed by atoms with Gasteiger partial charge in [0, 0.05) is 11.8 Å². The Morgan fingerprint density at radius 3 is 2.87 bits per heavy atom. The van der Waals surface area contributed by atoms with Gasteiger partial charge in [0.2, 0.25) is 0 Å². The molecule has 4 rings (SSSR count).